The molecule has 0 amide bonds. The van der Waals surface area contributed by atoms with Crippen molar-refractivity contribution in [3.63, 3.8) is 0 Å². The molecule has 0 aliphatic heterocycles. The predicted molar refractivity (Wildman–Crippen MR) is 90.2 cm³/mol. The monoisotopic (exact) mass is 406 g/mol. The van der Waals surface area contributed by atoms with Crippen LogP contribution in [0.25, 0.3) is 0 Å². The molecule has 1 aromatic carbocycles. The van der Waals surface area contributed by atoms with Gasteiger partial charge in [-0.05, 0) is 37.0 Å². The van der Waals surface area contributed by atoms with E-state index in [-0.39, 0.29) is 6.04 Å². The molecular formula is C17H21F3O6Si. The quantitative estimate of drug-likeness (QED) is 0.484. The highest BCUT2D eigenvalue weighted by molar-refractivity contribution is 6.65. The van der Waals surface area contributed by atoms with Gasteiger partial charge in [0, 0.05) is 20.8 Å². The van der Waals surface area contributed by atoms with E-state index in [0.29, 0.717) is 24.8 Å². The van der Waals surface area contributed by atoms with E-state index in [1.807, 2.05) is 0 Å². The lowest BCUT2D eigenvalue weighted by Gasteiger charge is -2.26. The zero-order valence-corrected chi connectivity index (χ0v) is 16.2. The zero-order chi connectivity index (χ0) is 20.7. The lowest BCUT2D eigenvalue weighted by molar-refractivity contribution is -0.148. The second-order valence-electron chi connectivity index (χ2n) is 5.87. The molecule has 0 aliphatic carbocycles. The molecule has 1 aromatic rings. The van der Waals surface area contributed by atoms with Crippen molar-refractivity contribution in [1.29, 1.82) is 0 Å². The highest BCUT2D eigenvalue weighted by atomic mass is 28.4. The minimum absolute atomic E-state index is 0.0341. The summed E-state index contributed by atoms with van der Waals surface area (Å²) in [6, 6.07) is 4.82. The number of hydrogen-bond acceptors (Lipinski definition) is 6. The molecule has 150 valence electrons. The molecule has 0 saturated carbocycles. The van der Waals surface area contributed by atoms with Crippen LogP contribution in [0.15, 0.2) is 24.3 Å². The fourth-order valence-electron chi connectivity index (χ4n) is 2.40. The molecule has 0 heterocycles. The van der Waals surface area contributed by atoms with E-state index in [4.69, 9.17) is 13.3 Å². The van der Waals surface area contributed by atoms with Crippen molar-refractivity contribution in [2.24, 2.45) is 0 Å². The number of unbranched alkanes of at least 4 members (excludes halogenated alkanes) is 1. The number of carbonyl (C=O) groups excluding carboxylic acids is 3. The summed E-state index contributed by atoms with van der Waals surface area (Å²) in [5.74, 6) is -2.23. The van der Waals surface area contributed by atoms with Crippen molar-refractivity contribution in [2.75, 3.05) is 0 Å². The number of hydrogen-bond donors (Lipinski definition) is 0. The van der Waals surface area contributed by atoms with Crippen LogP contribution in [0.1, 0.15) is 44.7 Å². The first-order valence-corrected chi connectivity index (χ1v) is 10.1. The molecular weight excluding hydrogens is 385 g/mol. The molecule has 0 fully saturated rings. The lowest BCUT2D eigenvalue weighted by Crippen LogP contribution is -2.49. The molecule has 0 aliphatic rings. The second-order valence-corrected chi connectivity index (χ2v) is 8.34. The Labute approximate surface area is 156 Å². The number of rotatable bonds is 8. The van der Waals surface area contributed by atoms with E-state index in [1.54, 1.807) is 0 Å². The van der Waals surface area contributed by atoms with Gasteiger partial charge in [-0.25, -0.2) is 0 Å². The standard InChI is InChI=1S/C17H21F3O6Si/c1-12(21)24-27(25-13(2)22,26-14(3)23)11-5-4-6-15-7-9-16(10-8-15)17(18,19)20/h7-10H,4-6,11H2,1-3H3. The summed E-state index contributed by atoms with van der Waals surface area (Å²) >= 11 is 0. The molecule has 1 rings (SSSR count). The number of benzene rings is 1. The Hall–Kier alpha value is -2.36. The Morgan fingerprint density at radius 2 is 1.30 bits per heavy atom. The smallest absolute Gasteiger partial charge is 0.455 e. The molecule has 0 N–H and O–H groups in total. The van der Waals surface area contributed by atoms with Gasteiger partial charge in [-0.2, -0.15) is 13.2 Å². The Bertz CT molecular complexity index is 631. The summed E-state index contributed by atoms with van der Waals surface area (Å²) in [4.78, 5) is 34.0. The molecule has 10 heteroatoms. The average molecular weight is 406 g/mol. The van der Waals surface area contributed by atoms with Crippen LogP contribution in [0.4, 0.5) is 13.2 Å². The number of carbonyl (C=O) groups is 3. The van der Waals surface area contributed by atoms with Crippen LogP contribution in [0, 0.1) is 0 Å². The van der Waals surface area contributed by atoms with Crippen LogP contribution >= 0.6 is 0 Å². The molecule has 0 radical (unpaired) electrons. The van der Waals surface area contributed by atoms with Crippen molar-refractivity contribution in [3.05, 3.63) is 35.4 Å². The lowest BCUT2D eigenvalue weighted by atomic mass is 10.1. The number of alkyl halides is 3. The van der Waals surface area contributed by atoms with Gasteiger partial charge in [0.25, 0.3) is 17.9 Å². The first-order chi connectivity index (χ1) is 12.4. The summed E-state index contributed by atoms with van der Waals surface area (Å²) in [5.41, 5.74) is -0.0278. The largest absolute Gasteiger partial charge is 0.705 e. The van der Waals surface area contributed by atoms with Crippen LogP contribution in [0.5, 0.6) is 0 Å². The van der Waals surface area contributed by atoms with Crippen molar-refractivity contribution < 1.29 is 40.8 Å². The van der Waals surface area contributed by atoms with Crippen molar-refractivity contribution >= 4 is 26.7 Å². The maximum absolute atomic E-state index is 12.6. The Morgan fingerprint density at radius 1 is 0.852 bits per heavy atom. The molecule has 6 nitrogen and oxygen atoms in total. The molecule has 0 saturated heterocycles. The minimum Gasteiger partial charge on any atom is -0.455 e. The first-order valence-electron chi connectivity index (χ1n) is 8.18. The molecule has 0 unspecified atom stereocenters. The van der Waals surface area contributed by atoms with Crippen LogP contribution < -0.4 is 0 Å². The van der Waals surface area contributed by atoms with E-state index in [9.17, 15) is 27.6 Å². The highest BCUT2D eigenvalue weighted by Gasteiger charge is 2.51. The van der Waals surface area contributed by atoms with Gasteiger partial charge in [-0.3, -0.25) is 14.4 Å². The van der Waals surface area contributed by atoms with Gasteiger partial charge in [0.15, 0.2) is 0 Å². The maximum Gasteiger partial charge on any atom is 0.705 e. The van der Waals surface area contributed by atoms with E-state index in [2.05, 4.69) is 0 Å². The van der Waals surface area contributed by atoms with Crippen LogP contribution in [-0.2, 0) is 40.3 Å². The van der Waals surface area contributed by atoms with Crippen LogP contribution in [0.2, 0.25) is 6.04 Å². The van der Waals surface area contributed by atoms with E-state index in [1.165, 1.54) is 12.1 Å². The van der Waals surface area contributed by atoms with E-state index in [0.717, 1.165) is 32.9 Å². The van der Waals surface area contributed by atoms with Crippen molar-refractivity contribution in [3.8, 4) is 0 Å². The molecule has 0 bridgehead atoms. The van der Waals surface area contributed by atoms with Gasteiger partial charge >= 0.3 is 15.0 Å². The fraction of sp³-hybridized carbons (Fsp3) is 0.471. The van der Waals surface area contributed by atoms with Gasteiger partial charge in [0.05, 0.1) is 11.6 Å². The summed E-state index contributed by atoms with van der Waals surface area (Å²) in [6.07, 6.45) is -3.05. The minimum atomic E-state index is -4.39. The Kier molecular flexibility index (Phi) is 8.01. The topological polar surface area (TPSA) is 78.9 Å². The van der Waals surface area contributed by atoms with E-state index < -0.39 is 38.5 Å². The number of halogens is 3. The highest BCUT2D eigenvalue weighted by Crippen LogP contribution is 2.29. The van der Waals surface area contributed by atoms with Crippen LogP contribution in [-0.4, -0.2) is 26.7 Å². The Balaban J connectivity index is 2.70. The predicted octanol–water partition coefficient (Wildman–Crippen LogP) is 3.66. The van der Waals surface area contributed by atoms with Gasteiger partial charge in [-0.15, -0.1) is 0 Å². The first kappa shape index (κ1) is 22.7. The molecule has 0 spiro atoms. The van der Waals surface area contributed by atoms with Gasteiger partial charge < -0.3 is 13.3 Å². The molecule has 0 atom stereocenters. The summed E-state index contributed by atoms with van der Waals surface area (Å²) in [6.45, 7) is 3.32. The second kappa shape index (κ2) is 9.54. The van der Waals surface area contributed by atoms with Gasteiger partial charge in [0.2, 0.25) is 0 Å². The van der Waals surface area contributed by atoms with Crippen LogP contribution in [0.3, 0.4) is 0 Å². The Morgan fingerprint density at radius 3 is 1.67 bits per heavy atom. The third-order valence-corrected chi connectivity index (χ3v) is 6.14. The van der Waals surface area contributed by atoms with Crippen molar-refractivity contribution in [2.45, 2.75) is 52.3 Å². The van der Waals surface area contributed by atoms with Gasteiger partial charge in [0.1, 0.15) is 0 Å². The third kappa shape index (κ3) is 8.24. The SMILES string of the molecule is CC(=O)O[Si](CCCCc1ccc(C(F)(F)F)cc1)(OC(C)=O)OC(C)=O. The normalized spacial score (nSPS) is 11.6. The average Bonchev–Trinajstić information content (AvgIpc) is 2.49. The maximum atomic E-state index is 12.6. The molecule has 27 heavy (non-hydrogen) atoms. The van der Waals surface area contributed by atoms with Gasteiger partial charge in [-0.1, -0.05) is 12.1 Å². The number of aryl methyl sites for hydroxylation is 1. The molecule has 0 aromatic heterocycles. The summed E-state index contributed by atoms with van der Waals surface area (Å²) < 4.78 is 52.8. The van der Waals surface area contributed by atoms with Crippen molar-refractivity contribution in [1.82, 2.24) is 0 Å². The summed E-state index contributed by atoms with van der Waals surface area (Å²) in [7, 11) is -3.85. The van der Waals surface area contributed by atoms with E-state index >= 15 is 0 Å². The summed E-state index contributed by atoms with van der Waals surface area (Å²) in [5, 5.41) is 0. The zero-order valence-electron chi connectivity index (χ0n) is 15.2. The fourth-order valence-corrected chi connectivity index (χ4v) is 4.83. The third-order valence-electron chi connectivity index (χ3n) is 3.38.